The van der Waals surface area contributed by atoms with Gasteiger partial charge in [0.05, 0.1) is 5.92 Å². The van der Waals surface area contributed by atoms with Crippen molar-refractivity contribution >= 4 is 23.2 Å². The first-order valence-corrected chi connectivity index (χ1v) is 9.90. The minimum Gasteiger partial charge on any atom is -0.326 e. The first kappa shape index (κ1) is 18.9. The molecule has 4 nitrogen and oxygen atoms in total. The Labute approximate surface area is 171 Å². The van der Waals surface area contributed by atoms with Crippen molar-refractivity contribution in [1.29, 1.82) is 0 Å². The molecular formula is C25H24N2O2. The van der Waals surface area contributed by atoms with Gasteiger partial charge >= 0.3 is 0 Å². The zero-order valence-electron chi connectivity index (χ0n) is 16.5. The molecule has 0 radical (unpaired) electrons. The van der Waals surface area contributed by atoms with Crippen molar-refractivity contribution in [2.24, 2.45) is 5.92 Å². The SMILES string of the molecule is Cc1ccc(N2CC(C(=O)Nc3ccccc3Cc3ccccc3)CC2=O)cc1. The summed E-state index contributed by atoms with van der Waals surface area (Å²) in [6.45, 7) is 2.42. The fourth-order valence-corrected chi connectivity index (χ4v) is 3.70. The Hall–Kier alpha value is -3.40. The summed E-state index contributed by atoms with van der Waals surface area (Å²) in [5.74, 6) is -0.464. The number of aryl methyl sites for hydroxylation is 1. The number of carbonyl (C=O) groups is 2. The van der Waals surface area contributed by atoms with Gasteiger partial charge in [0.15, 0.2) is 0 Å². The molecule has 1 saturated heterocycles. The van der Waals surface area contributed by atoms with Crippen molar-refractivity contribution in [3.63, 3.8) is 0 Å². The predicted molar refractivity (Wildman–Crippen MR) is 116 cm³/mol. The number of carbonyl (C=O) groups excluding carboxylic acids is 2. The van der Waals surface area contributed by atoms with Gasteiger partial charge in [0, 0.05) is 24.3 Å². The van der Waals surface area contributed by atoms with E-state index in [1.807, 2.05) is 73.7 Å². The van der Waals surface area contributed by atoms with Crippen LogP contribution in [0.4, 0.5) is 11.4 Å². The molecule has 0 spiro atoms. The van der Waals surface area contributed by atoms with E-state index in [4.69, 9.17) is 0 Å². The largest absolute Gasteiger partial charge is 0.326 e. The first-order valence-electron chi connectivity index (χ1n) is 9.90. The summed E-state index contributed by atoms with van der Waals surface area (Å²) in [7, 11) is 0. The molecule has 4 heteroatoms. The van der Waals surface area contributed by atoms with Crippen LogP contribution in [-0.4, -0.2) is 18.4 Å². The van der Waals surface area contributed by atoms with Gasteiger partial charge in [0.2, 0.25) is 11.8 Å². The van der Waals surface area contributed by atoms with Gasteiger partial charge in [0.1, 0.15) is 0 Å². The summed E-state index contributed by atoms with van der Waals surface area (Å²) >= 11 is 0. The van der Waals surface area contributed by atoms with E-state index in [1.54, 1.807) is 4.90 Å². The van der Waals surface area contributed by atoms with Gasteiger partial charge in [-0.15, -0.1) is 0 Å². The smallest absolute Gasteiger partial charge is 0.229 e. The Morgan fingerprint density at radius 3 is 2.41 bits per heavy atom. The summed E-state index contributed by atoms with van der Waals surface area (Å²) < 4.78 is 0. The number of anilines is 2. The van der Waals surface area contributed by atoms with Crippen LogP contribution in [0.1, 0.15) is 23.1 Å². The molecule has 1 fully saturated rings. The van der Waals surface area contributed by atoms with Crippen molar-refractivity contribution in [2.45, 2.75) is 19.8 Å². The van der Waals surface area contributed by atoms with Crippen molar-refractivity contribution in [2.75, 3.05) is 16.8 Å². The van der Waals surface area contributed by atoms with E-state index in [9.17, 15) is 9.59 Å². The van der Waals surface area contributed by atoms with Gasteiger partial charge in [0.25, 0.3) is 0 Å². The fraction of sp³-hybridized carbons (Fsp3) is 0.200. The third kappa shape index (κ3) is 4.37. The number of nitrogens with one attached hydrogen (secondary N) is 1. The first-order chi connectivity index (χ1) is 14.1. The second kappa shape index (κ2) is 8.31. The van der Waals surface area contributed by atoms with E-state index in [-0.39, 0.29) is 24.2 Å². The molecule has 0 aromatic heterocycles. The Morgan fingerprint density at radius 1 is 0.966 bits per heavy atom. The lowest BCUT2D eigenvalue weighted by Crippen LogP contribution is -2.28. The molecule has 1 aliphatic rings. The highest BCUT2D eigenvalue weighted by Gasteiger charge is 2.35. The summed E-state index contributed by atoms with van der Waals surface area (Å²) in [4.78, 5) is 27.1. The Balaban J connectivity index is 1.46. The molecular weight excluding hydrogens is 360 g/mol. The molecule has 0 saturated carbocycles. The topological polar surface area (TPSA) is 49.4 Å². The number of hydrogen-bond acceptors (Lipinski definition) is 2. The molecule has 1 aliphatic heterocycles. The number of hydrogen-bond donors (Lipinski definition) is 1. The lowest BCUT2D eigenvalue weighted by atomic mass is 10.0. The van der Waals surface area contributed by atoms with Gasteiger partial charge < -0.3 is 10.2 Å². The van der Waals surface area contributed by atoms with E-state index in [1.165, 1.54) is 5.56 Å². The molecule has 3 aromatic carbocycles. The Bertz CT molecular complexity index is 1010. The molecule has 0 aliphatic carbocycles. The van der Waals surface area contributed by atoms with Crippen LogP contribution >= 0.6 is 0 Å². The van der Waals surface area contributed by atoms with Crippen LogP contribution in [0.25, 0.3) is 0 Å². The molecule has 0 bridgehead atoms. The van der Waals surface area contributed by atoms with Crippen LogP contribution < -0.4 is 10.2 Å². The van der Waals surface area contributed by atoms with Crippen molar-refractivity contribution < 1.29 is 9.59 Å². The summed E-state index contributed by atoms with van der Waals surface area (Å²) in [5, 5.41) is 3.06. The van der Waals surface area contributed by atoms with Gasteiger partial charge in [-0.1, -0.05) is 66.2 Å². The normalized spacial score (nSPS) is 16.1. The van der Waals surface area contributed by atoms with E-state index in [0.717, 1.165) is 28.9 Å². The van der Waals surface area contributed by atoms with Crippen LogP contribution in [0, 0.1) is 12.8 Å². The van der Waals surface area contributed by atoms with Crippen molar-refractivity contribution in [3.05, 3.63) is 95.6 Å². The summed E-state index contributed by atoms with van der Waals surface area (Å²) in [6.07, 6.45) is 0.983. The lowest BCUT2D eigenvalue weighted by molar-refractivity contribution is -0.122. The van der Waals surface area contributed by atoms with E-state index < -0.39 is 0 Å². The molecule has 1 N–H and O–H groups in total. The number of amides is 2. The fourth-order valence-electron chi connectivity index (χ4n) is 3.70. The quantitative estimate of drug-likeness (QED) is 0.700. The van der Waals surface area contributed by atoms with Gasteiger partial charge in [-0.25, -0.2) is 0 Å². The third-order valence-corrected chi connectivity index (χ3v) is 5.35. The maximum absolute atomic E-state index is 12.9. The van der Waals surface area contributed by atoms with Crippen LogP contribution in [0.15, 0.2) is 78.9 Å². The molecule has 4 rings (SSSR count). The number of benzene rings is 3. The van der Waals surface area contributed by atoms with E-state index in [2.05, 4.69) is 17.4 Å². The minimum atomic E-state index is -0.353. The van der Waals surface area contributed by atoms with Crippen LogP contribution in [0.5, 0.6) is 0 Å². The van der Waals surface area contributed by atoms with E-state index >= 15 is 0 Å². The molecule has 29 heavy (non-hydrogen) atoms. The van der Waals surface area contributed by atoms with Crippen LogP contribution in [0.3, 0.4) is 0 Å². The summed E-state index contributed by atoms with van der Waals surface area (Å²) in [6, 6.07) is 25.9. The number of para-hydroxylation sites is 1. The summed E-state index contributed by atoms with van der Waals surface area (Å²) in [5.41, 5.74) is 5.05. The standard InChI is InChI=1S/C25H24N2O2/c1-18-11-13-22(14-12-18)27-17-21(16-24(27)28)25(29)26-23-10-6-5-9-20(23)15-19-7-3-2-4-8-19/h2-14,21H,15-17H2,1H3,(H,26,29). The molecule has 2 amide bonds. The highest BCUT2D eigenvalue weighted by Crippen LogP contribution is 2.27. The monoisotopic (exact) mass is 384 g/mol. The average Bonchev–Trinajstić information content (AvgIpc) is 3.13. The number of nitrogens with zero attached hydrogens (tertiary/aromatic N) is 1. The highest BCUT2D eigenvalue weighted by atomic mass is 16.2. The van der Waals surface area contributed by atoms with Crippen molar-refractivity contribution in [1.82, 2.24) is 0 Å². The zero-order chi connectivity index (χ0) is 20.2. The molecule has 146 valence electrons. The van der Waals surface area contributed by atoms with Crippen LogP contribution in [0.2, 0.25) is 0 Å². The number of rotatable bonds is 5. The zero-order valence-corrected chi connectivity index (χ0v) is 16.5. The lowest BCUT2D eigenvalue weighted by Gasteiger charge is -2.17. The van der Waals surface area contributed by atoms with Gasteiger partial charge in [-0.2, -0.15) is 0 Å². The maximum atomic E-state index is 12.9. The van der Waals surface area contributed by atoms with E-state index in [0.29, 0.717) is 6.54 Å². The van der Waals surface area contributed by atoms with Gasteiger partial charge in [-0.05, 0) is 42.7 Å². The minimum absolute atomic E-state index is 0.00780. The maximum Gasteiger partial charge on any atom is 0.229 e. The van der Waals surface area contributed by atoms with Crippen molar-refractivity contribution in [3.8, 4) is 0 Å². The third-order valence-electron chi connectivity index (χ3n) is 5.35. The second-order valence-corrected chi connectivity index (χ2v) is 7.55. The van der Waals surface area contributed by atoms with Gasteiger partial charge in [-0.3, -0.25) is 9.59 Å². The van der Waals surface area contributed by atoms with Crippen LogP contribution in [-0.2, 0) is 16.0 Å². The highest BCUT2D eigenvalue weighted by molar-refractivity contribution is 6.03. The predicted octanol–water partition coefficient (Wildman–Crippen LogP) is 4.58. The average molecular weight is 384 g/mol. The molecule has 1 unspecified atom stereocenters. The molecule has 1 atom stereocenters. The molecule has 3 aromatic rings. The Morgan fingerprint density at radius 2 is 1.66 bits per heavy atom. The second-order valence-electron chi connectivity index (χ2n) is 7.55. The molecule has 1 heterocycles. The Kier molecular flexibility index (Phi) is 5.43.